The molecule has 1 aliphatic rings. The number of aliphatic hydroxyl groups is 3. The number of pyridine rings is 4. The number of rotatable bonds is 14. The number of carbonyl (C=O) groups is 3. The summed E-state index contributed by atoms with van der Waals surface area (Å²) in [6, 6.07) is 86.1. The quantitative estimate of drug-likeness (QED) is 0.0524. The molecule has 0 aliphatic carbocycles. The van der Waals surface area contributed by atoms with Gasteiger partial charge in [0.25, 0.3) is 0 Å². The molecule has 3 N–H and O–H groups in total. The van der Waals surface area contributed by atoms with Crippen LogP contribution in [-0.2, 0) is 161 Å². The van der Waals surface area contributed by atoms with Crippen LogP contribution in [0.3, 0.4) is 0 Å². The van der Waals surface area contributed by atoms with Crippen molar-refractivity contribution < 1.29 is 131 Å². The Balaban J connectivity index is 0.000000275. The van der Waals surface area contributed by atoms with E-state index in [9.17, 15) is 14.4 Å². The van der Waals surface area contributed by atoms with Gasteiger partial charge in [0.2, 0.25) is 0 Å². The summed E-state index contributed by atoms with van der Waals surface area (Å²) < 4.78 is 1.26. The molecule has 20 heteroatoms. The molecule has 0 saturated heterocycles. The first-order valence-electron chi connectivity index (χ1n) is 41.2. The van der Waals surface area contributed by atoms with Crippen molar-refractivity contribution in [1.29, 1.82) is 0 Å². The molecule has 0 saturated carbocycles. The number of nitrogens with zero attached hydrogens (tertiary/aromatic N) is 8. The number of hydrogen-bond donors (Lipinski definition) is 3. The van der Waals surface area contributed by atoms with Crippen LogP contribution in [0, 0.1) is 24.3 Å². The zero-order valence-corrected chi connectivity index (χ0v) is 85.9. The van der Waals surface area contributed by atoms with Crippen LogP contribution in [0.5, 0.6) is 0 Å². The van der Waals surface area contributed by atoms with Gasteiger partial charge in [-0.15, -0.1) is 175 Å². The number of hydrogen-bond acceptors (Lipinski definition) is 11. The SMILES string of the molecule is CC(=O)C=C(C)O.CC(=O)C=C(C)O.CC(=O)C=C(C)O.CCc1cc2[n-]c1C=c1[n-]c(c(CC)c1CC)=Cc1[n-]c(c(CC)c1CC)C=c1[n-]c(c(CC)c1CC)=C2.[Ir].[Ir].[Ir].[Ir].[Pt+4].[c-]1c(-c2ccccn2)sc2ccccc12.[c-]1ccccc1-c1ccc2ccccc2n1.[c-]1ccccc1-c1nccc2ccccc12.[c-]1ccccc1-c1nccc2ccccc12. The van der Waals surface area contributed by atoms with E-state index in [2.05, 4.69) is 178 Å². The molecule has 16 aromatic rings. The fraction of sp³-hybridized carbons (Fsp3) is 0.187. The average Bonchev–Trinajstić information content (AvgIpc) is 1.54. The van der Waals surface area contributed by atoms with Crippen LogP contribution in [0.25, 0.3) is 111 Å². The van der Waals surface area contributed by atoms with Crippen LogP contribution in [0.15, 0.2) is 272 Å². The van der Waals surface area contributed by atoms with Crippen LogP contribution in [-0.4, -0.2) is 52.6 Å². The summed E-state index contributed by atoms with van der Waals surface area (Å²) in [4.78, 5) is 69.7. The first-order valence-corrected chi connectivity index (χ1v) is 42.0. The summed E-state index contributed by atoms with van der Waals surface area (Å²) in [5, 5.41) is 36.4. The third-order valence-electron chi connectivity index (χ3n) is 19.5. The van der Waals surface area contributed by atoms with Gasteiger partial charge >= 0.3 is 21.1 Å². The maximum atomic E-state index is 10.0. The molecule has 0 amide bonds. The van der Waals surface area contributed by atoms with Crippen LogP contribution in [0.1, 0.15) is 152 Å². The Hall–Kier alpha value is -10.6. The number of carbonyl (C=O) groups excluding carboxylic acids is 3. The summed E-state index contributed by atoms with van der Waals surface area (Å²) in [7, 11) is 0. The minimum absolute atomic E-state index is 0. The average molecular weight is 2590 g/mol. The topological polar surface area (TPSA) is 220 Å². The van der Waals surface area contributed by atoms with Crippen molar-refractivity contribution in [2.24, 2.45) is 0 Å². The Labute approximate surface area is 818 Å². The molecule has 8 bridgehead atoms. The minimum Gasteiger partial charge on any atom is -0.658 e. The second-order valence-electron chi connectivity index (χ2n) is 28.6. The van der Waals surface area contributed by atoms with Gasteiger partial charge in [0.15, 0.2) is 17.3 Å². The second-order valence-corrected chi connectivity index (χ2v) is 29.6. The van der Waals surface area contributed by atoms with Crippen molar-refractivity contribution in [1.82, 2.24) is 39.9 Å². The van der Waals surface area contributed by atoms with Gasteiger partial charge in [-0.1, -0.05) is 221 Å². The molecule has 17 rings (SSSR count). The van der Waals surface area contributed by atoms with Crippen LogP contribution in [0.4, 0.5) is 0 Å². The number of aliphatic hydroxyl groups excluding tert-OH is 3. The van der Waals surface area contributed by atoms with Crippen molar-refractivity contribution >= 4 is 95.5 Å². The molecular formula is C107H102Ir4N8O6PtS-4. The molecule has 14 nitrogen and oxygen atoms in total. The summed E-state index contributed by atoms with van der Waals surface area (Å²) >= 11 is 1.73. The number of aryl methyl sites for hydroxylation is 1. The maximum Gasteiger partial charge on any atom is 4.00 e. The predicted molar refractivity (Wildman–Crippen MR) is 501 cm³/mol. The van der Waals surface area contributed by atoms with Gasteiger partial charge in [0.05, 0.1) is 22.8 Å². The molecule has 0 atom stereocenters. The fourth-order valence-corrected chi connectivity index (χ4v) is 15.2. The molecular weight excluding hydrogens is 2490 g/mol. The molecule has 10 heterocycles. The summed E-state index contributed by atoms with van der Waals surface area (Å²) in [5.74, 6) is -0.187. The Morgan fingerprint density at radius 2 is 0.787 bits per heavy atom. The first-order chi connectivity index (χ1) is 59.1. The summed E-state index contributed by atoms with van der Waals surface area (Å²) in [5.41, 5.74) is 21.4. The Morgan fingerprint density at radius 1 is 0.378 bits per heavy atom. The summed E-state index contributed by atoms with van der Waals surface area (Å²) in [6.07, 6.45) is 24.5. The zero-order valence-electron chi connectivity index (χ0n) is 73.2. The molecule has 9 aromatic heterocycles. The van der Waals surface area contributed by atoms with E-state index in [1.165, 1.54) is 136 Å². The van der Waals surface area contributed by atoms with Crippen LogP contribution < -0.4 is 41.3 Å². The third-order valence-corrected chi connectivity index (χ3v) is 20.6. The maximum absolute atomic E-state index is 10.0. The van der Waals surface area contributed by atoms with Crippen LogP contribution in [0.2, 0.25) is 0 Å². The second kappa shape index (κ2) is 54.5. The van der Waals surface area contributed by atoms with Gasteiger partial charge in [-0.3, -0.25) is 19.4 Å². The number of fused-ring (bicyclic) bond motifs is 12. The van der Waals surface area contributed by atoms with E-state index >= 15 is 0 Å². The first kappa shape index (κ1) is 107. The molecule has 1 aliphatic heterocycles. The number of aromatic nitrogens is 8. The third kappa shape index (κ3) is 30.5. The molecule has 0 spiro atoms. The molecule has 0 unspecified atom stereocenters. The van der Waals surface area contributed by atoms with E-state index in [0.29, 0.717) is 0 Å². The molecule has 7 aromatic carbocycles. The Bertz CT molecular complexity index is 6350. The van der Waals surface area contributed by atoms with Crippen molar-refractivity contribution in [3.05, 3.63) is 380 Å². The largest absolute Gasteiger partial charge is 4.00 e. The number of benzene rings is 7. The van der Waals surface area contributed by atoms with E-state index in [1.54, 1.807) is 11.3 Å². The number of para-hydroxylation sites is 1. The molecule has 0 fully saturated rings. The standard InChI is InChI=1S/C34H40N4.3C15H10N.C13H8NS.3C5H8O2.4Ir.Pt/c1-8-20-15-21-16-29-22(9-2)23(10-3)31(36-29)18-33-26(13-6)27(14-7)34(38-33)19-32-25(12-5)24(11-4)30(37-32)17-28(20)35-21;2*1-2-7-13(8-3-1)15-14-9-5-4-6-12(14)10-11-16-15;1-2-6-12(7-3-1)15-11-10-13-8-4-5-9-14(13)16-15;1-2-7-12-10(5-1)9-13(15-12)11-6-3-4-8-14-11;3*1-4(6)3-5(2)7;;;;;/h15-19H,8-14H2,1-7H3;2*1-7,9-11H;1-6,8-11H;1-8H;3*3,6H,1-2H3;;;;;/q-4;4*-1;;;;;;;;+4. The van der Waals surface area contributed by atoms with E-state index in [0.717, 1.165) is 139 Å². The van der Waals surface area contributed by atoms with E-state index in [4.69, 9.17) is 35.3 Å². The van der Waals surface area contributed by atoms with Gasteiger partial charge in [-0.2, -0.15) is 0 Å². The number of ketones is 3. The monoisotopic (exact) mass is 2590 g/mol. The molecule has 662 valence electrons. The van der Waals surface area contributed by atoms with Gasteiger partial charge in [0.1, 0.15) is 0 Å². The van der Waals surface area contributed by atoms with Gasteiger partial charge < -0.3 is 50.2 Å². The molecule has 127 heavy (non-hydrogen) atoms. The normalized spacial score (nSPS) is 10.9. The smallest absolute Gasteiger partial charge is 0.658 e. The van der Waals surface area contributed by atoms with Crippen molar-refractivity contribution in [2.45, 2.75) is 135 Å². The van der Waals surface area contributed by atoms with Crippen molar-refractivity contribution in [3.8, 4) is 44.3 Å². The van der Waals surface area contributed by atoms with Gasteiger partial charge in [-0.25, -0.2) is 11.3 Å². The van der Waals surface area contributed by atoms with E-state index in [1.807, 2.05) is 176 Å². The Morgan fingerprint density at radius 3 is 1.20 bits per heavy atom. The van der Waals surface area contributed by atoms with E-state index in [-0.39, 0.29) is 136 Å². The van der Waals surface area contributed by atoms with Crippen molar-refractivity contribution in [3.63, 3.8) is 0 Å². The predicted octanol–water partition coefficient (Wildman–Crippen LogP) is 21.0. The Kier molecular flexibility index (Phi) is 45.9. The van der Waals surface area contributed by atoms with Crippen molar-refractivity contribution in [2.75, 3.05) is 0 Å². The summed E-state index contributed by atoms with van der Waals surface area (Å²) in [6.45, 7) is 24.1. The molecule has 4 radical (unpaired) electrons. The van der Waals surface area contributed by atoms with Gasteiger partial charge in [0, 0.05) is 123 Å². The van der Waals surface area contributed by atoms with E-state index < -0.39 is 0 Å². The number of thiophene rings is 1. The minimum atomic E-state index is -0.125. The fourth-order valence-electron chi connectivity index (χ4n) is 14.2. The number of allylic oxidation sites excluding steroid dienone is 6. The van der Waals surface area contributed by atoms with Gasteiger partial charge in [-0.05, 0) is 164 Å². The zero-order chi connectivity index (χ0) is 87.0. The van der Waals surface area contributed by atoms with Crippen LogP contribution >= 0.6 is 11.3 Å².